The molecule has 4 nitrogen and oxygen atoms in total. The van der Waals surface area contributed by atoms with Gasteiger partial charge >= 0.3 is 0 Å². The maximum Gasteiger partial charge on any atom is 0.101 e. The van der Waals surface area contributed by atoms with Crippen molar-refractivity contribution in [3.63, 3.8) is 0 Å². The van der Waals surface area contributed by atoms with Crippen LogP contribution in [0.4, 0.5) is 0 Å². The van der Waals surface area contributed by atoms with Crippen LogP contribution in [0.15, 0.2) is 0 Å². The zero-order chi connectivity index (χ0) is 23.5. The SMILES string of the molecule is CC(C)C(C)CC[C@@H](C)[C@H]1CCC2C3C[C@@H](O)[C@@]4(O)C[C@@H](O)CC[C@]4(CO)C3CC[C@@]21C. The van der Waals surface area contributed by atoms with E-state index < -0.39 is 23.2 Å². The van der Waals surface area contributed by atoms with Crippen LogP contribution in [0.2, 0.25) is 0 Å². The molecule has 4 aliphatic rings. The fourth-order valence-corrected chi connectivity index (χ4v) is 9.40. The van der Waals surface area contributed by atoms with E-state index in [1.165, 1.54) is 32.1 Å². The van der Waals surface area contributed by atoms with Crippen LogP contribution in [0, 0.1) is 52.3 Å². The van der Waals surface area contributed by atoms with Crippen molar-refractivity contribution in [2.24, 2.45) is 52.3 Å². The van der Waals surface area contributed by atoms with Crippen molar-refractivity contribution in [3.8, 4) is 0 Å². The summed E-state index contributed by atoms with van der Waals surface area (Å²) in [5.74, 6) is 4.19. The second-order valence-corrected chi connectivity index (χ2v) is 13.3. The Kier molecular flexibility index (Phi) is 6.87. The number of aliphatic hydroxyl groups is 4. The summed E-state index contributed by atoms with van der Waals surface area (Å²) in [7, 11) is 0. The summed E-state index contributed by atoms with van der Waals surface area (Å²) in [6, 6.07) is 0. The van der Waals surface area contributed by atoms with E-state index in [1.807, 2.05) is 0 Å². The average Bonchev–Trinajstić information content (AvgIpc) is 3.09. The Morgan fingerprint density at radius 1 is 0.906 bits per heavy atom. The highest BCUT2D eigenvalue weighted by molar-refractivity contribution is 5.18. The van der Waals surface area contributed by atoms with E-state index in [4.69, 9.17) is 0 Å². The van der Waals surface area contributed by atoms with Gasteiger partial charge in [-0.05, 0) is 91.8 Å². The van der Waals surface area contributed by atoms with Crippen molar-refractivity contribution >= 4 is 0 Å². The van der Waals surface area contributed by atoms with Gasteiger partial charge in [-0.15, -0.1) is 0 Å². The molecule has 186 valence electrons. The van der Waals surface area contributed by atoms with Crippen LogP contribution in [0.25, 0.3) is 0 Å². The Morgan fingerprint density at radius 2 is 1.62 bits per heavy atom. The zero-order valence-corrected chi connectivity index (χ0v) is 21.3. The van der Waals surface area contributed by atoms with Crippen molar-refractivity contribution in [2.75, 3.05) is 6.61 Å². The Hall–Kier alpha value is -0.160. The normalized spacial score (nSPS) is 50.4. The summed E-state index contributed by atoms with van der Waals surface area (Å²) in [4.78, 5) is 0. The first-order chi connectivity index (χ1) is 15.0. The molecule has 0 spiro atoms. The van der Waals surface area contributed by atoms with Gasteiger partial charge in [0.25, 0.3) is 0 Å². The Bertz CT molecular complexity index is 666. The smallest absolute Gasteiger partial charge is 0.101 e. The van der Waals surface area contributed by atoms with Crippen molar-refractivity contribution in [1.29, 1.82) is 0 Å². The molecule has 4 N–H and O–H groups in total. The molecule has 0 aliphatic heterocycles. The summed E-state index contributed by atoms with van der Waals surface area (Å²) in [6.07, 6.45) is 7.97. The van der Waals surface area contributed by atoms with Gasteiger partial charge in [0.05, 0.1) is 18.8 Å². The van der Waals surface area contributed by atoms with E-state index in [-0.39, 0.29) is 18.9 Å². The number of hydrogen-bond acceptors (Lipinski definition) is 4. The van der Waals surface area contributed by atoms with Gasteiger partial charge in [-0.25, -0.2) is 0 Å². The van der Waals surface area contributed by atoms with E-state index in [0.717, 1.165) is 30.1 Å². The summed E-state index contributed by atoms with van der Waals surface area (Å²) in [5, 5.41) is 43.8. The van der Waals surface area contributed by atoms with E-state index >= 15 is 0 Å². The summed E-state index contributed by atoms with van der Waals surface area (Å²) in [6.45, 7) is 12.0. The maximum atomic E-state index is 11.7. The van der Waals surface area contributed by atoms with Crippen LogP contribution < -0.4 is 0 Å². The van der Waals surface area contributed by atoms with Gasteiger partial charge in [0.2, 0.25) is 0 Å². The number of hydrogen-bond donors (Lipinski definition) is 4. The average molecular weight is 451 g/mol. The fourth-order valence-electron chi connectivity index (χ4n) is 9.40. The van der Waals surface area contributed by atoms with Gasteiger partial charge in [-0.1, -0.05) is 47.5 Å². The van der Waals surface area contributed by atoms with E-state index in [2.05, 4.69) is 34.6 Å². The van der Waals surface area contributed by atoms with Gasteiger partial charge in [0.1, 0.15) is 5.60 Å². The monoisotopic (exact) mass is 450 g/mol. The van der Waals surface area contributed by atoms with Crippen LogP contribution in [-0.4, -0.2) is 44.8 Å². The first-order valence-corrected chi connectivity index (χ1v) is 13.7. The minimum atomic E-state index is -1.35. The highest BCUT2D eigenvalue weighted by Crippen LogP contribution is 2.69. The molecule has 4 aliphatic carbocycles. The first-order valence-electron chi connectivity index (χ1n) is 13.7. The molecule has 4 fully saturated rings. The lowest BCUT2D eigenvalue weighted by Crippen LogP contribution is -2.70. The summed E-state index contributed by atoms with van der Waals surface area (Å²) < 4.78 is 0. The summed E-state index contributed by atoms with van der Waals surface area (Å²) >= 11 is 0. The number of aliphatic hydroxyl groups excluding tert-OH is 3. The molecule has 0 aromatic carbocycles. The van der Waals surface area contributed by atoms with Crippen LogP contribution >= 0.6 is 0 Å². The molecule has 0 bridgehead atoms. The minimum Gasteiger partial charge on any atom is -0.396 e. The van der Waals surface area contributed by atoms with Crippen LogP contribution in [0.1, 0.15) is 98.8 Å². The molecule has 0 amide bonds. The molecule has 0 heterocycles. The quantitative estimate of drug-likeness (QED) is 0.470. The lowest BCUT2D eigenvalue weighted by molar-refractivity contribution is -0.280. The molecule has 0 aromatic heterocycles. The van der Waals surface area contributed by atoms with Gasteiger partial charge in [0.15, 0.2) is 0 Å². The molecule has 4 unspecified atom stereocenters. The van der Waals surface area contributed by atoms with E-state index in [0.29, 0.717) is 36.5 Å². The third kappa shape index (κ3) is 3.62. The maximum absolute atomic E-state index is 11.7. The third-order valence-corrected chi connectivity index (χ3v) is 11.8. The third-order valence-electron chi connectivity index (χ3n) is 11.8. The highest BCUT2D eigenvalue weighted by atomic mass is 16.4. The molecule has 11 atom stereocenters. The Labute approximate surface area is 196 Å². The van der Waals surface area contributed by atoms with Crippen LogP contribution in [0.5, 0.6) is 0 Å². The standard InChI is InChI=1S/C28H50O4/c1-17(2)18(3)6-7-19(4)22-8-9-23-21-14-25(31)28(32)15-20(30)10-13-27(28,16-29)24(21)11-12-26(22,23)5/h17-25,29-32H,6-16H2,1-5H3/t18?,19-,20+,21?,22-,23?,24?,25-,26-,27+,28+/m1/s1. The zero-order valence-electron chi connectivity index (χ0n) is 21.3. The second kappa shape index (κ2) is 8.81. The lowest BCUT2D eigenvalue weighted by atomic mass is 9.42. The van der Waals surface area contributed by atoms with Crippen molar-refractivity contribution in [1.82, 2.24) is 0 Å². The molecule has 4 heteroatoms. The molecule has 4 saturated carbocycles. The van der Waals surface area contributed by atoms with Crippen molar-refractivity contribution in [3.05, 3.63) is 0 Å². The Morgan fingerprint density at radius 3 is 2.28 bits per heavy atom. The fraction of sp³-hybridized carbons (Fsp3) is 1.00. The molecule has 4 rings (SSSR count). The molecular weight excluding hydrogens is 400 g/mol. The molecule has 0 radical (unpaired) electrons. The highest BCUT2D eigenvalue weighted by Gasteiger charge is 2.69. The number of fused-ring (bicyclic) bond motifs is 5. The molecule has 0 aromatic rings. The van der Waals surface area contributed by atoms with Crippen LogP contribution in [0.3, 0.4) is 0 Å². The van der Waals surface area contributed by atoms with E-state index in [9.17, 15) is 20.4 Å². The van der Waals surface area contributed by atoms with Gasteiger partial charge in [-0.3, -0.25) is 0 Å². The topological polar surface area (TPSA) is 80.9 Å². The van der Waals surface area contributed by atoms with Crippen molar-refractivity contribution in [2.45, 2.75) is 117 Å². The molecular formula is C28H50O4. The number of rotatable bonds is 6. The van der Waals surface area contributed by atoms with Crippen LogP contribution in [-0.2, 0) is 0 Å². The predicted octanol–water partition coefficient (Wildman–Crippen LogP) is 4.77. The Balaban J connectivity index is 1.55. The molecule has 32 heavy (non-hydrogen) atoms. The molecule has 0 saturated heterocycles. The van der Waals surface area contributed by atoms with Gasteiger partial charge < -0.3 is 20.4 Å². The van der Waals surface area contributed by atoms with Gasteiger partial charge in [-0.2, -0.15) is 0 Å². The lowest BCUT2D eigenvalue weighted by Gasteiger charge is -2.65. The summed E-state index contributed by atoms with van der Waals surface area (Å²) in [5.41, 5.74) is -1.71. The second-order valence-electron chi connectivity index (χ2n) is 13.3. The van der Waals surface area contributed by atoms with E-state index in [1.54, 1.807) is 0 Å². The van der Waals surface area contributed by atoms with Crippen molar-refractivity contribution < 1.29 is 20.4 Å². The van der Waals surface area contributed by atoms with Gasteiger partial charge in [0, 0.05) is 11.8 Å². The minimum absolute atomic E-state index is 0.0786. The predicted molar refractivity (Wildman–Crippen MR) is 128 cm³/mol. The first kappa shape index (κ1) is 24.9. The largest absolute Gasteiger partial charge is 0.396 e.